The van der Waals surface area contributed by atoms with E-state index in [1.165, 1.54) is 6.33 Å². The smallest absolute Gasteiger partial charge is 0.262 e. The van der Waals surface area contributed by atoms with E-state index in [1.54, 1.807) is 11.0 Å². The topological polar surface area (TPSA) is 69.0 Å². The number of hydrogen-bond donors (Lipinski definition) is 1. The van der Waals surface area contributed by atoms with Gasteiger partial charge in [-0.25, -0.2) is 9.67 Å². The number of rotatable bonds is 5. The van der Waals surface area contributed by atoms with E-state index in [1.807, 2.05) is 56.3 Å². The van der Waals surface area contributed by atoms with E-state index in [4.69, 9.17) is 4.74 Å². The largest absolute Gasteiger partial charge is 0.483 e. The maximum atomic E-state index is 12.1. The summed E-state index contributed by atoms with van der Waals surface area (Å²) in [6, 6.07) is 13.2. The third kappa shape index (κ3) is 3.60. The Morgan fingerprint density at radius 3 is 2.46 bits per heavy atom. The number of para-hydroxylation sites is 1. The molecule has 0 unspecified atom stereocenters. The van der Waals surface area contributed by atoms with Crippen molar-refractivity contribution in [1.82, 2.24) is 14.8 Å². The predicted octanol–water partition coefficient (Wildman–Crippen LogP) is 2.90. The van der Waals surface area contributed by atoms with Crippen LogP contribution in [0.4, 0.5) is 5.69 Å². The summed E-state index contributed by atoms with van der Waals surface area (Å²) in [4.78, 5) is 16.0. The zero-order valence-corrected chi connectivity index (χ0v) is 13.6. The van der Waals surface area contributed by atoms with Gasteiger partial charge in [-0.2, -0.15) is 5.10 Å². The molecule has 1 heterocycles. The van der Waals surface area contributed by atoms with Crippen LogP contribution in [0.15, 0.2) is 55.1 Å². The van der Waals surface area contributed by atoms with Gasteiger partial charge >= 0.3 is 0 Å². The SMILES string of the molecule is Cc1cccc(C)c1OCC(=O)Nc1ccc(-n2cncn2)cc1. The highest BCUT2D eigenvalue weighted by Gasteiger charge is 2.08. The van der Waals surface area contributed by atoms with Gasteiger partial charge in [0.15, 0.2) is 6.61 Å². The third-order valence-corrected chi connectivity index (χ3v) is 3.59. The van der Waals surface area contributed by atoms with Crippen LogP contribution < -0.4 is 10.1 Å². The summed E-state index contributed by atoms with van der Waals surface area (Å²) in [6.45, 7) is 3.89. The number of carbonyl (C=O) groups excluding carboxylic acids is 1. The van der Waals surface area contributed by atoms with Gasteiger partial charge in [-0.05, 0) is 49.2 Å². The summed E-state index contributed by atoms with van der Waals surface area (Å²) in [5.41, 5.74) is 3.60. The first-order chi connectivity index (χ1) is 11.6. The standard InChI is InChI=1S/C18H18N4O2/c1-13-4-3-5-14(2)18(13)24-10-17(23)21-15-6-8-16(9-7-15)22-12-19-11-20-22/h3-9,11-12H,10H2,1-2H3,(H,21,23). The maximum absolute atomic E-state index is 12.1. The fourth-order valence-electron chi connectivity index (χ4n) is 2.40. The number of nitrogens with one attached hydrogen (secondary N) is 1. The fraction of sp³-hybridized carbons (Fsp3) is 0.167. The summed E-state index contributed by atoms with van der Waals surface area (Å²) < 4.78 is 7.30. The molecule has 1 N–H and O–H groups in total. The van der Waals surface area contributed by atoms with E-state index in [0.717, 1.165) is 22.6 Å². The van der Waals surface area contributed by atoms with Crippen LogP contribution in [0.2, 0.25) is 0 Å². The molecular formula is C18H18N4O2. The average molecular weight is 322 g/mol. The minimum Gasteiger partial charge on any atom is -0.483 e. The van der Waals surface area contributed by atoms with E-state index < -0.39 is 0 Å². The highest BCUT2D eigenvalue weighted by molar-refractivity contribution is 5.92. The molecule has 0 bridgehead atoms. The second-order valence-electron chi connectivity index (χ2n) is 5.44. The lowest BCUT2D eigenvalue weighted by Gasteiger charge is -2.12. The van der Waals surface area contributed by atoms with Crippen LogP contribution in [0.1, 0.15) is 11.1 Å². The van der Waals surface area contributed by atoms with Gasteiger partial charge in [-0.1, -0.05) is 18.2 Å². The van der Waals surface area contributed by atoms with E-state index in [2.05, 4.69) is 15.4 Å². The average Bonchev–Trinajstić information content (AvgIpc) is 3.09. The Hall–Kier alpha value is -3.15. The summed E-state index contributed by atoms with van der Waals surface area (Å²) in [7, 11) is 0. The zero-order chi connectivity index (χ0) is 16.9. The molecule has 1 aromatic heterocycles. The predicted molar refractivity (Wildman–Crippen MR) is 91.4 cm³/mol. The Bertz CT molecular complexity index is 806. The lowest BCUT2D eigenvalue weighted by Crippen LogP contribution is -2.20. The van der Waals surface area contributed by atoms with Crippen molar-refractivity contribution in [3.63, 3.8) is 0 Å². The number of carbonyl (C=O) groups is 1. The number of benzene rings is 2. The van der Waals surface area contributed by atoms with Crippen LogP contribution in [0.3, 0.4) is 0 Å². The van der Waals surface area contributed by atoms with Crippen molar-refractivity contribution in [3.8, 4) is 11.4 Å². The van der Waals surface area contributed by atoms with Crippen molar-refractivity contribution < 1.29 is 9.53 Å². The van der Waals surface area contributed by atoms with Gasteiger partial charge in [0.1, 0.15) is 18.4 Å². The first-order valence-corrected chi connectivity index (χ1v) is 7.57. The van der Waals surface area contributed by atoms with Gasteiger partial charge in [-0.15, -0.1) is 0 Å². The van der Waals surface area contributed by atoms with Gasteiger partial charge in [0, 0.05) is 5.69 Å². The monoisotopic (exact) mass is 322 g/mol. The van der Waals surface area contributed by atoms with Crippen LogP contribution in [-0.4, -0.2) is 27.3 Å². The maximum Gasteiger partial charge on any atom is 0.262 e. The molecule has 0 spiro atoms. The number of nitrogens with zero attached hydrogens (tertiary/aromatic N) is 3. The van der Waals surface area contributed by atoms with Gasteiger partial charge in [0.05, 0.1) is 5.69 Å². The highest BCUT2D eigenvalue weighted by Crippen LogP contribution is 2.22. The van der Waals surface area contributed by atoms with E-state index in [0.29, 0.717) is 5.69 Å². The van der Waals surface area contributed by atoms with Crippen LogP contribution in [0.5, 0.6) is 5.75 Å². The number of hydrogen-bond acceptors (Lipinski definition) is 4. The van der Waals surface area contributed by atoms with Crippen molar-refractivity contribution in [2.75, 3.05) is 11.9 Å². The Balaban J connectivity index is 1.59. The van der Waals surface area contributed by atoms with Gasteiger partial charge in [0.25, 0.3) is 5.91 Å². The van der Waals surface area contributed by atoms with Gasteiger partial charge in [-0.3, -0.25) is 4.79 Å². The molecule has 3 aromatic rings. The Morgan fingerprint density at radius 2 is 1.83 bits per heavy atom. The molecule has 0 aliphatic heterocycles. The third-order valence-electron chi connectivity index (χ3n) is 3.59. The van der Waals surface area contributed by atoms with E-state index in [9.17, 15) is 4.79 Å². The van der Waals surface area contributed by atoms with Gasteiger partial charge in [0.2, 0.25) is 0 Å². The second-order valence-corrected chi connectivity index (χ2v) is 5.44. The lowest BCUT2D eigenvalue weighted by molar-refractivity contribution is -0.118. The number of aromatic nitrogens is 3. The van der Waals surface area contributed by atoms with Crippen LogP contribution in [0, 0.1) is 13.8 Å². The molecule has 3 rings (SSSR count). The van der Waals surface area contributed by atoms with Crippen molar-refractivity contribution in [2.45, 2.75) is 13.8 Å². The Morgan fingerprint density at radius 1 is 1.12 bits per heavy atom. The molecule has 0 saturated heterocycles. The van der Waals surface area contributed by atoms with Crippen LogP contribution in [-0.2, 0) is 4.79 Å². The number of aryl methyl sites for hydroxylation is 2. The molecule has 6 nitrogen and oxygen atoms in total. The number of ether oxygens (including phenoxy) is 1. The zero-order valence-electron chi connectivity index (χ0n) is 13.6. The highest BCUT2D eigenvalue weighted by atomic mass is 16.5. The van der Waals surface area contributed by atoms with Crippen molar-refractivity contribution >= 4 is 11.6 Å². The quantitative estimate of drug-likeness (QED) is 0.784. The minimum absolute atomic E-state index is 0.0312. The second kappa shape index (κ2) is 6.95. The molecule has 6 heteroatoms. The Labute approximate surface area is 140 Å². The lowest BCUT2D eigenvalue weighted by atomic mass is 10.1. The number of anilines is 1. The van der Waals surface area contributed by atoms with Crippen LogP contribution in [0.25, 0.3) is 5.69 Å². The van der Waals surface area contributed by atoms with E-state index >= 15 is 0 Å². The first-order valence-electron chi connectivity index (χ1n) is 7.57. The van der Waals surface area contributed by atoms with Crippen molar-refractivity contribution in [1.29, 1.82) is 0 Å². The summed E-state index contributed by atoms with van der Waals surface area (Å²) in [5.74, 6) is 0.556. The molecule has 2 aromatic carbocycles. The van der Waals surface area contributed by atoms with E-state index in [-0.39, 0.29) is 12.5 Å². The minimum atomic E-state index is -0.203. The Kier molecular flexibility index (Phi) is 4.56. The molecule has 0 aliphatic carbocycles. The summed E-state index contributed by atoms with van der Waals surface area (Å²) >= 11 is 0. The molecule has 0 atom stereocenters. The summed E-state index contributed by atoms with van der Waals surface area (Å²) in [6.07, 6.45) is 3.09. The summed E-state index contributed by atoms with van der Waals surface area (Å²) in [5, 5.41) is 6.87. The molecule has 0 aliphatic rings. The molecule has 24 heavy (non-hydrogen) atoms. The first kappa shape index (κ1) is 15.7. The van der Waals surface area contributed by atoms with Crippen LogP contribution >= 0.6 is 0 Å². The fourth-order valence-corrected chi connectivity index (χ4v) is 2.40. The molecule has 1 amide bonds. The van der Waals surface area contributed by atoms with Crippen molar-refractivity contribution in [3.05, 3.63) is 66.2 Å². The molecular weight excluding hydrogens is 304 g/mol. The molecule has 0 saturated carbocycles. The molecule has 122 valence electrons. The number of amides is 1. The van der Waals surface area contributed by atoms with Gasteiger partial charge < -0.3 is 10.1 Å². The molecule has 0 fully saturated rings. The normalized spacial score (nSPS) is 10.4. The molecule has 0 radical (unpaired) electrons. The van der Waals surface area contributed by atoms with Crippen molar-refractivity contribution in [2.24, 2.45) is 0 Å².